The number of nitrogens with one attached hydrogen (secondary N) is 1. The van der Waals surface area contributed by atoms with Gasteiger partial charge in [0.1, 0.15) is 6.04 Å². The SMILES string of the molecule is C[C@H](NC(=O)c1cc(Br)cc(C2(C)CC2)c1)C(F)(F)F. The maximum Gasteiger partial charge on any atom is 0.408 e. The summed E-state index contributed by atoms with van der Waals surface area (Å²) in [5.41, 5.74) is 1.28. The standard InChI is InChI=1S/C14H15BrF3NO/c1-8(14(16,17)18)19-12(20)9-5-10(7-11(15)6-9)13(2)3-4-13/h5-8H,3-4H2,1-2H3,(H,19,20)/t8-/m0/s1. The van der Waals surface area contributed by atoms with E-state index in [1.807, 2.05) is 11.4 Å². The van der Waals surface area contributed by atoms with Crippen LogP contribution in [0.5, 0.6) is 0 Å². The summed E-state index contributed by atoms with van der Waals surface area (Å²) in [7, 11) is 0. The Morgan fingerprint density at radius 2 is 1.95 bits per heavy atom. The molecule has 1 N–H and O–H groups in total. The Balaban J connectivity index is 2.20. The Kier molecular flexibility index (Phi) is 3.88. The lowest BCUT2D eigenvalue weighted by atomic mass is 9.96. The highest BCUT2D eigenvalue weighted by atomic mass is 79.9. The molecule has 0 heterocycles. The van der Waals surface area contributed by atoms with Gasteiger partial charge in [-0.25, -0.2) is 0 Å². The first-order valence-electron chi connectivity index (χ1n) is 6.30. The summed E-state index contributed by atoms with van der Waals surface area (Å²) in [5, 5.41) is 1.98. The molecule has 0 aromatic heterocycles. The third kappa shape index (κ3) is 3.34. The molecule has 1 aliphatic rings. The van der Waals surface area contributed by atoms with Gasteiger partial charge in [0, 0.05) is 10.0 Å². The van der Waals surface area contributed by atoms with Crippen molar-refractivity contribution in [1.82, 2.24) is 5.32 Å². The summed E-state index contributed by atoms with van der Waals surface area (Å²) in [6, 6.07) is 3.26. The molecular formula is C14H15BrF3NO. The van der Waals surface area contributed by atoms with Gasteiger partial charge in [0.15, 0.2) is 0 Å². The predicted molar refractivity (Wildman–Crippen MR) is 73.7 cm³/mol. The molecular weight excluding hydrogens is 335 g/mol. The molecule has 0 bridgehead atoms. The average molecular weight is 350 g/mol. The van der Waals surface area contributed by atoms with Gasteiger partial charge in [-0.15, -0.1) is 0 Å². The number of halogens is 4. The number of alkyl halides is 3. The fraction of sp³-hybridized carbons (Fsp3) is 0.500. The molecule has 1 atom stereocenters. The zero-order valence-electron chi connectivity index (χ0n) is 11.1. The van der Waals surface area contributed by atoms with Crippen LogP contribution in [0.3, 0.4) is 0 Å². The molecule has 6 heteroatoms. The Hall–Kier alpha value is -1.04. The van der Waals surface area contributed by atoms with Crippen LogP contribution in [0.25, 0.3) is 0 Å². The zero-order valence-corrected chi connectivity index (χ0v) is 12.7. The number of amides is 1. The van der Waals surface area contributed by atoms with Crippen molar-refractivity contribution in [2.75, 3.05) is 0 Å². The number of carbonyl (C=O) groups excluding carboxylic acids is 1. The van der Waals surface area contributed by atoms with Crippen molar-refractivity contribution < 1.29 is 18.0 Å². The van der Waals surface area contributed by atoms with Crippen LogP contribution in [-0.2, 0) is 5.41 Å². The largest absolute Gasteiger partial charge is 0.408 e. The highest BCUT2D eigenvalue weighted by Gasteiger charge is 2.40. The van der Waals surface area contributed by atoms with Crippen molar-refractivity contribution in [1.29, 1.82) is 0 Å². The van der Waals surface area contributed by atoms with E-state index in [1.54, 1.807) is 6.07 Å². The van der Waals surface area contributed by atoms with Crippen molar-refractivity contribution in [3.05, 3.63) is 33.8 Å². The smallest absolute Gasteiger partial charge is 0.341 e. The minimum absolute atomic E-state index is 0.0501. The van der Waals surface area contributed by atoms with Gasteiger partial charge in [-0.05, 0) is 48.9 Å². The third-order valence-corrected chi connectivity index (χ3v) is 4.15. The van der Waals surface area contributed by atoms with Crippen LogP contribution >= 0.6 is 15.9 Å². The molecule has 1 aromatic carbocycles. The molecule has 0 saturated heterocycles. The van der Waals surface area contributed by atoms with Crippen molar-refractivity contribution in [2.45, 2.75) is 44.3 Å². The van der Waals surface area contributed by atoms with E-state index in [2.05, 4.69) is 22.9 Å². The van der Waals surface area contributed by atoms with Gasteiger partial charge < -0.3 is 5.32 Å². The van der Waals surface area contributed by atoms with E-state index in [4.69, 9.17) is 0 Å². The van der Waals surface area contributed by atoms with Crippen LogP contribution in [0.1, 0.15) is 42.6 Å². The van der Waals surface area contributed by atoms with Gasteiger partial charge in [0.2, 0.25) is 0 Å². The Labute approximate surface area is 123 Å². The van der Waals surface area contributed by atoms with Crippen LogP contribution in [0, 0.1) is 0 Å². The van der Waals surface area contributed by atoms with E-state index in [0.29, 0.717) is 4.47 Å². The first-order valence-corrected chi connectivity index (χ1v) is 7.10. The zero-order chi connectivity index (χ0) is 15.1. The maximum absolute atomic E-state index is 12.5. The summed E-state index contributed by atoms with van der Waals surface area (Å²) >= 11 is 3.31. The maximum atomic E-state index is 12.5. The van der Waals surface area contributed by atoms with E-state index >= 15 is 0 Å². The number of hydrogen-bond acceptors (Lipinski definition) is 1. The first kappa shape index (κ1) is 15.4. The van der Waals surface area contributed by atoms with E-state index < -0.39 is 18.1 Å². The summed E-state index contributed by atoms with van der Waals surface area (Å²) < 4.78 is 38.1. The van der Waals surface area contributed by atoms with Gasteiger partial charge in [-0.2, -0.15) is 13.2 Å². The molecule has 1 aliphatic carbocycles. The van der Waals surface area contributed by atoms with Crippen LogP contribution in [0.2, 0.25) is 0 Å². The number of benzene rings is 1. The Bertz CT molecular complexity index is 538. The quantitative estimate of drug-likeness (QED) is 0.871. The molecule has 0 aliphatic heterocycles. The minimum Gasteiger partial charge on any atom is -0.341 e. The molecule has 0 radical (unpaired) electrons. The number of rotatable bonds is 3. The lowest BCUT2D eigenvalue weighted by Gasteiger charge is -2.18. The normalized spacial score (nSPS) is 18.5. The lowest BCUT2D eigenvalue weighted by molar-refractivity contribution is -0.149. The van der Waals surface area contributed by atoms with E-state index in [0.717, 1.165) is 25.3 Å². The third-order valence-electron chi connectivity index (χ3n) is 3.70. The fourth-order valence-electron chi connectivity index (χ4n) is 1.91. The predicted octanol–water partition coefficient (Wildman–Crippen LogP) is 4.18. The van der Waals surface area contributed by atoms with Crippen LogP contribution in [0.4, 0.5) is 13.2 Å². The monoisotopic (exact) mass is 349 g/mol. The summed E-state index contributed by atoms with van der Waals surface area (Å²) in [5.74, 6) is -0.707. The van der Waals surface area contributed by atoms with Gasteiger partial charge in [-0.1, -0.05) is 22.9 Å². The molecule has 0 unspecified atom stereocenters. The highest BCUT2D eigenvalue weighted by Crippen LogP contribution is 2.48. The van der Waals surface area contributed by atoms with Crippen molar-refractivity contribution >= 4 is 21.8 Å². The van der Waals surface area contributed by atoms with Crippen molar-refractivity contribution in [2.24, 2.45) is 0 Å². The topological polar surface area (TPSA) is 29.1 Å². The molecule has 1 aromatic rings. The second-order valence-electron chi connectivity index (χ2n) is 5.53. The molecule has 0 spiro atoms. The second kappa shape index (κ2) is 5.06. The molecule has 20 heavy (non-hydrogen) atoms. The highest BCUT2D eigenvalue weighted by molar-refractivity contribution is 9.10. The van der Waals surface area contributed by atoms with Crippen LogP contribution in [-0.4, -0.2) is 18.1 Å². The summed E-state index contributed by atoms with van der Waals surface area (Å²) in [6.45, 7) is 3.01. The summed E-state index contributed by atoms with van der Waals surface area (Å²) in [6.07, 6.45) is -2.38. The molecule has 1 fully saturated rings. The molecule has 2 rings (SSSR count). The van der Waals surface area contributed by atoms with Gasteiger partial charge >= 0.3 is 6.18 Å². The lowest BCUT2D eigenvalue weighted by Crippen LogP contribution is -2.43. The van der Waals surface area contributed by atoms with Crippen LogP contribution in [0.15, 0.2) is 22.7 Å². The van der Waals surface area contributed by atoms with E-state index in [1.165, 1.54) is 6.07 Å². The fourth-order valence-corrected chi connectivity index (χ4v) is 2.40. The number of hydrogen-bond donors (Lipinski definition) is 1. The molecule has 1 amide bonds. The van der Waals surface area contributed by atoms with Gasteiger partial charge in [-0.3, -0.25) is 4.79 Å². The molecule has 2 nitrogen and oxygen atoms in total. The molecule has 1 saturated carbocycles. The summed E-state index contributed by atoms with van der Waals surface area (Å²) in [4.78, 5) is 11.9. The first-order chi connectivity index (χ1) is 9.12. The minimum atomic E-state index is -4.44. The van der Waals surface area contributed by atoms with Gasteiger partial charge in [0.05, 0.1) is 0 Å². The average Bonchev–Trinajstić information content (AvgIpc) is 3.06. The molecule has 110 valence electrons. The Morgan fingerprint density at radius 1 is 1.35 bits per heavy atom. The van der Waals surface area contributed by atoms with E-state index in [9.17, 15) is 18.0 Å². The number of carbonyl (C=O) groups is 1. The van der Waals surface area contributed by atoms with E-state index in [-0.39, 0.29) is 11.0 Å². The van der Waals surface area contributed by atoms with Crippen molar-refractivity contribution in [3.8, 4) is 0 Å². The van der Waals surface area contributed by atoms with Gasteiger partial charge in [0.25, 0.3) is 5.91 Å². The second-order valence-corrected chi connectivity index (χ2v) is 6.44. The Morgan fingerprint density at radius 3 is 2.45 bits per heavy atom. The van der Waals surface area contributed by atoms with Crippen LogP contribution < -0.4 is 5.32 Å². The van der Waals surface area contributed by atoms with Crippen molar-refractivity contribution in [3.63, 3.8) is 0 Å².